The van der Waals surface area contributed by atoms with Crippen molar-refractivity contribution < 1.29 is 0 Å². The maximum atomic E-state index is 6.38. The number of hydrogen-bond acceptors (Lipinski definition) is 2. The Morgan fingerprint density at radius 1 is 1.33 bits per heavy atom. The van der Waals surface area contributed by atoms with Crippen LogP contribution in [0.3, 0.4) is 0 Å². The summed E-state index contributed by atoms with van der Waals surface area (Å²) in [5.74, 6) is 2.55. The number of imidazole rings is 1. The number of halogens is 1. The van der Waals surface area contributed by atoms with E-state index in [2.05, 4.69) is 23.5 Å². The maximum absolute atomic E-state index is 6.38. The molecule has 0 radical (unpaired) electrons. The topological polar surface area (TPSA) is 35.6 Å². The third kappa shape index (κ3) is 2.70. The first-order chi connectivity index (χ1) is 10.0. The van der Waals surface area contributed by atoms with Crippen LogP contribution in [0.1, 0.15) is 56.9 Å². The van der Waals surface area contributed by atoms with Crippen LogP contribution < -0.4 is 0 Å². The Labute approximate surface area is 131 Å². The van der Waals surface area contributed by atoms with E-state index in [4.69, 9.17) is 16.6 Å². The largest absolute Gasteiger partial charge is 0.311 e. The van der Waals surface area contributed by atoms with Gasteiger partial charge in [-0.1, -0.05) is 20.3 Å². The number of aryl methyl sites for hydroxylation is 2. The van der Waals surface area contributed by atoms with Crippen LogP contribution in [0.5, 0.6) is 0 Å². The van der Waals surface area contributed by atoms with Gasteiger partial charge >= 0.3 is 0 Å². The minimum atomic E-state index is -0.0710. The molecule has 2 heterocycles. The summed E-state index contributed by atoms with van der Waals surface area (Å²) in [7, 11) is 2.02. The van der Waals surface area contributed by atoms with E-state index in [0.717, 1.165) is 48.0 Å². The van der Waals surface area contributed by atoms with Crippen molar-refractivity contribution in [2.45, 2.75) is 58.4 Å². The number of rotatable bonds is 6. The fourth-order valence-electron chi connectivity index (χ4n) is 3.25. The Kier molecular flexibility index (Phi) is 4.00. The zero-order valence-electron chi connectivity index (χ0n) is 13.4. The van der Waals surface area contributed by atoms with Crippen molar-refractivity contribution in [3.8, 4) is 0 Å². The minimum Gasteiger partial charge on any atom is -0.311 e. The Morgan fingerprint density at radius 2 is 2.05 bits per heavy atom. The number of aromatic nitrogens is 4. The van der Waals surface area contributed by atoms with Crippen LogP contribution in [0.2, 0.25) is 0 Å². The summed E-state index contributed by atoms with van der Waals surface area (Å²) < 4.78 is 4.29. The van der Waals surface area contributed by atoms with Gasteiger partial charge in [-0.15, -0.1) is 11.6 Å². The van der Waals surface area contributed by atoms with Gasteiger partial charge in [-0.05, 0) is 38.0 Å². The van der Waals surface area contributed by atoms with Gasteiger partial charge in [0.15, 0.2) is 5.65 Å². The molecule has 0 spiro atoms. The summed E-state index contributed by atoms with van der Waals surface area (Å²) in [6.45, 7) is 7.53. The van der Waals surface area contributed by atoms with Crippen LogP contribution in [0.25, 0.3) is 11.2 Å². The molecule has 1 aliphatic rings. The lowest BCUT2D eigenvalue weighted by atomic mass is 10.1. The van der Waals surface area contributed by atoms with Gasteiger partial charge < -0.3 is 4.57 Å². The highest BCUT2D eigenvalue weighted by atomic mass is 35.5. The molecular weight excluding hydrogens is 284 g/mol. The standard InChI is InChI=1S/C16H25ClN4/c1-5-6-13-14-16(20(4)19-13)21(15(18-14)11(3)17)9-10(2)12-7-8-12/h10-12H,5-9H2,1-4H3. The molecule has 0 saturated heterocycles. The van der Waals surface area contributed by atoms with Gasteiger partial charge in [0.25, 0.3) is 0 Å². The Bertz CT molecular complexity index is 636. The van der Waals surface area contributed by atoms with Crippen LogP contribution in [0, 0.1) is 11.8 Å². The Hall–Kier alpha value is -1.03. The van der Waals surface area contributed by atoms with Crippen molar-refractivity contribution >= 4 is 22.8 Å². The lowest BCUT2D eigenvalue weighted by Gasteiger charge is -2.15. The summed E-state index contributed by atoms with van der Waals surface area (Å²) in [5, 5.41) is 4.59. The highest BCUT2D eigenvalue weighted by Gasteiger charge is 2.30. The van der Waals surface area contributed by atoms with Gasteiger partial charge in [0.1, 0.15) is 11.3 Å². The van der Waals surface area contributed by atoms with Crippen molar-refractivity contribution in [3.63, 3.8) is 0 Å². The monoisotopic (exact) mass is 308 g/mol. The average Bonchev–Trinajstić information content (AvgIpc) is 3.14. The lowest BCUT2D eigenvalue weighted by molar-refractivity contribution is 0.424. The minimum absolute atomic E-state index is 0.0710. The summed E-state index contributed by atoms with van der Waals surface area (Å²) in [4.78, 5) is 4.83. The molecule has 4 nitrogen and oxygen atoms in total. The molecule has 0 aliphatic heterocycles. The number of alkyl halides is 1. The van der Waals surface area contributed by atoms with Crippen LogP contribution in [-0.4, -0.2) is 19.3 Å². The predicted molar refractivity (Wildman–Crippen MR) is 86.7 cm³/mol. The van der Waals surface area contributed by atoms with Gasteiger partial charge in [-0.3, -0.25) is 4.68 Å². The molecule has 1 fully saturated rings. The summed E-state index contributed by atoms with van der Waals surface area (Å²) >= 11 is 6.38. The smallest absolute Gasteiger partial charge is 0.158 e. The first-order valence-electron chi connectivity index (χ1n) is 8.09. The second-order valence-corrected chi connectivity index (χ2v) is 7.16. The molecule has 2 aromatic rings. The fourth-order valence-corrected chi connectivity index (χ4v) is 3.42. The molecule has 0 aromatic carbocycles. The molecule has 3 rings (SSSR count). The molecule has 1 aliphatic carbocycles. The SMILES string of the molecule is CCCc1nn(C)c2c1nc(C(C)Cl)n2CC(C)C1CC1. The zero-order valence-corrected chi connectivity index (χ0v) is 14.2. The van der Waals surface area contributed by atoms with Crippen molar-refractivity contribution in [1.82, 2.24) is 19.3 Å². The predicted octanol–water partition coefficient (Wildman–Crippen LogP) is 4.07. The molecule has 2 atom stereocenters. The third-order valence-electron chi connectivity index (χ3n) is 4.56. The van der Waals surface area contributed by atoms with E-state index < -0.39 is 0 Å². The molecule has 21 heavy (non-hydrogen) atoms. The molecule has 0 N–H and O–H groups in total. The van der Waals surface area contributed by atoms with E-state index in [-0.39, 0.29) is 5.38 Å². The second kappa shape index (κ2) is 5.64. The van der Waals surface area contributed by atoms with E-state index in [9.17, 15) is 0 Å². The molecule has 5 heteroatoms. The Morgan fingerprint density at radius 3 is 2.62 bits per heavy atom. The van der Waals surface area contributed by atoms with E-state index in [1.165, 1.54) is 12.8 Å². The van der Waals surface area contributed by atoms with Gasteiger partial charge in [0, 0.05) is 13.6 Å². The first-order valence-corrected chi connectivity index (χ1v) is 8.52. The molecule has 0 bridgehead atoms. The van der Waals surface area contributed by atoms with E-state index >= 15 is 0 Å². The van der Waals surface area contributed by atoms with Crippen LogP contribution in [0.15, 0.2) is 0 Å². The van der Waals surface area contributed by atoms with Crippen molar-refractivity contribution in [2.75, 3.05) is 0 Å². The number of nitrogens with zero attached hydrogens (tertiary/aromatic N) is 4. The molecule has 1 saturated carbocycles. The van der Waals surface area contributed by atoms with Gasteiger partial charge in [0.2, 0.25) is 0 Å². The molecule has 2 unspecified atom stereocenters. The van der Waals surface area contributed by atoms with Crippen molar-refractivity contribution in [2.24, 2.45) is 18.9 Å². The summed E-state index contributed by atoms with van der Waals surface area (Å²) in [6, 6.07) is 0. The maximum Gasteiger partial charge on any atom is 0.158 e. The quantitative estimate of drug-likeness (QED) is 0.754. The van der Waals surface area contributed by atoms with E-state index in [0.29, 0.717) is 5.92 Å². The van der Waals surface area contributed by atoms with E-state index in [1.807, 2.05) is 18.7 Å². The molecular formula is C16H25ClN4. The normalized spacial score (nSPS) is 18.3. The summed E-state index contributed by atoms with van der Waals surface area (Å²) in [6.07, 6.45) is 4.81. The average molecular weight is 309 g/mol. The van der Waals surface area contributed by atoms with Crippen molar-refractivity contribution in [1.29, 1.82) is 0 Å². The lowest BCUT2D eigenvalue weighted by Crippen LogP contribution is -2.14. The van der Waals surface area contributed by atoms with Crippen LogP contribution in [0.4, 0.5) is 0 Å². The number of fused-ring (bicyclic) bond motifs is 1. The molecule has 0 amide bonds. The zero-order chi connectivity index (χ0) is 15.1. The summed E-state index contributed by atoms with van der Waals surface area (Å²) in [5.41, 5.74) is 3.28. The van der Waals surface area contributed by atoms with Crippen molar-refractivity contribution in [3.05, 3.63) is 11.5 Å². The third-order valence-corrected chi connectivity index (χ3v) is 4.76. The first kappa shape index (κ1) is 14.9. The van der Waals surface area contributed by atoms with Gasteiger partial charge in [-0.25, -0.2) is 4.98 Å². The second-order valence-electron chi connectivity index (χ2n) is 6.50. The van der Waals surface area contributed by atoms with Gasteiger partial charge in [0.05, 0.1) is 11.1 Å². The van der Waals surface area contributed by atoms with Crippen LogP contribution in [-0.2, 0) is 20.0 Å². The van der Waals surface area contributed by atoms with Crippen LogP contribution >= 0.6 is 11.6 Å². The Balaban J connectivity index is 2.07. The fraction of sp³-hybridized carbons (Fsp3) is 0.750. The number of hydrogen-bond donors (Lipinski definition) is 0. The molecule has 2 aromatic heterocycles. The van der Waals surface area contributed by atoms with E-state index in [1.54, 1.807) is 0 Å². The molecule has 116 valence electrons. The van der Waals surface area contributed by atoms with Gasteiger partial charge in [-0.2, -0.15) is 5.10 Å². The highest BCUT2D eigenvalue weighted by molar-refractivity contribution is 6.20. The highest BCUT2D eigenvalue weighted by Crippen LogP contribution is 2.38.